The fourth-order valence-corrected chi connectivity index (χ4v) is 3.14. The second-order valence-electron chi connectivity index (χ2n) is 5.59. The first-order chi connectivity index (χ1) is 13.3. The highest BCUT2D eigenvalue weighted by atomic mass is 32.2. The molecule has 0 saturated carbocycles. The Kier molecular flexibility index (Phi) is 6.45. The molecule has 1 aromatic carbocycles. The minimum absolute atomic E-state index is 0.0111. The Morgan fingerprint density at radius 1 is 0.897 bits per heavy atom. The largest absolute Gasteiger partial charge is 0.467 e. The molecule has 0 bridgehead atoms. The van der Waals surface area contributed by atoms with E-state index < -0.39 is 52.2 Å². The van der Waals surface area contributed by atoms with E-state index in [1.807, 2.05) is 4.72 Å². The first-order valence-electron chi connectivity index (χ1n) is 7.60. The number of benzene rings is 1. The molecular weight excluding hydrogens is 432 g/mol. The number of alkyl halides is 6. The number of rotatable bonds is 7. The Labute approximate surface area is 160 Å². The van der Waals surface area contributed by atoms with Gasteiger partial charge in [-0.1, -0.05) is 17.7 Å². The number of anilines is 1. The van der Waals surface area contributed by atoms with E-state index in [1.54, 1.807) is 6.92 Å². The van der Waals surface area contributed by atoms with Gasteiger partial charge in [0, 0.05) is 5.69 Å². The summed E-state index contributed by atoms with van der Waals surface area (Å²) in [6.45, 7) is -2.15. The van der Waals surface area contributed by atoms with Gasteiger partial charge in [-0.25, -0.2) is 18.4 Å². The molecule has 1 aromatic heterocycles. The Bertz CT molecular complexity index is 910. The third kappa shape index (κ3) is 6.96. The normalized spacial score (nSPS) is 12.5. The Morgan fingerprint density at radius 3 is 1.76 bits per heavy atom. The van der Waals surface area contributed by atoms with E-state index in [9.17, 15) is 34.8 Å². The molecule has 0 radical (unpaired) electrons. The van der Waals surface area contributed by atoms with Crippen LogP contribution in [-0.2, 0) is 10.0 Å². The summed E-state index contributed by atoms with van der Waals surface area (Å²) < 4.78 is 111. The van der Waals surface area contributed by atoms with Gasteiger partial charge in [0.15, 0.2) is 13.2 Å². The van der Waals surface area contributed by atoms with Crippen molar-refractivity contribution in [3.63, 3.8) is 0 Å². The van der Waals surface area contributed by atoms with Crippen LogP contribution in [0.4, 0.5) is 32.0 Å². The molecule has 0 atom stereocenters. The molecule has 0 fully saturated rings. The van der Waals surface area contributed by atoms with Crippen LogP contribution < -0.4 is 14.2 Å². The zero-order valence-electron chi connectivity index (χ0n) is 14.5. The van der Waals surface area contributed by atoms with Crippen molar-refractivity contribution < 1.29 is 44.2 Å². The molecule has 0 unspecified atom stereocenters. The highest BCUT2D eigenvalue weighted by Crippen LogP contribution is 2.33. The van der Waals surface area contributed by atoms with Gasteiger partial charge in [0.2, 0.25) is 16.7 Å². The summed E-state index contributed by atoms with van der Waals surface area (Å²) in [6.07, 6.45) is -9.20. The van der Waals surface area contributed by atoms with Crippen molar-refractivity contribution in [1.29, 1.82) is 0 Å². The lowest BCUT2D eigenvalue weighted by Crippen LogP contribution is -2.24. The van der Waals surface area contributed by atoms with Crippen LogP contribution in [-0.4, -0.2) is 44.0 Å². The van der Waals surface area contributed by atoms with Gasteiger partial charge in [-0.05, 0) is 19.1 Å². The molecule has 29 heavy (non-hydrogen) atoms. The summed E-state index contributed by atoms with van der Waals surface area (Å²) in [5, 5.41) is 0. The Balaban J connectivity index is 2.46. The third-order valence-corrected chi connectivity index (χ3v) is 4.45. The summed E-state index contributed by atoms with van der Waals surface area (Å²) in [6, 6.07) is 5.73. The molecular formula is C15H13F6N3O4S. The van der Waals surface area contributed by atoms with Gasteiger partial charge < -0.3 is 9.47 Å². The van der Waals surface area contributed by atoms with Crippen LogP contribution in [0.5, 0.6) is 11.8 Å². The summed E-state index contributed by atoms with van der Waals surface area (Å²) in [5.41, 5.74) is 0.766. The standard InChI is InChI=1S/C15H13F6N3O4S/c1-9-2-4-10(5-3-9)24-29(25,26)11-12(27-6-14(16,17)18)22-8-23-13(11)28-7-15(19,20)21/h2-5,8,24H,6-7H2,1H3. The van der Waals surface area contributed by atoms with E-state index in [-0.39, 0.29) is 5.69 Å². The van der Waals surface area contributed by atoms with Crippen LogP contribution in [0.25, 0.3) is 0 Å². The molecule has 14 heteroatoms. The van der Waals surface area contributed by atoms with E-state index >= 15 is 0 Å². The zero-order valence-corrected chi connectivity index (χ0v) is 15.3. The molecule has 0 saturated heterocycles. The van der Waals surface area contributed by atoms with Crippen LogP contribution in [0.2, 0.25) is 0 Å². The zero-order chi connectivity index (χ0) is 21.9. The molecule has 0 aliphatic heterocycles. The van der Waals surface area contributed by atoms with Gasteiger partial charge >= 0.3 is 12.4 Å². The minimum Gasteiger partial charge on any atom is -0.467 e. The quantitative estimate of drug-likeness (QED) is 0.657. The molecule has 0 aliphatic carbocycles. The van der Waals surface area contributed by atoms with Crippen LogP contribution in [0.15, 0.2) is 35.5 Å². The number of ether oxygens (including phenoxy) is 2. The number of nitrogens with one attached hydrogen (secondary N) is 1. The van der Waals surface area contributed by atoms with Crippen LogP contribution in [0.1, 0.15) is 5.56 Å². The van der Waals surface area contributed by atoms with Crippen LogP contribution >= 0.6 is 0 Å². The molecule has 7 nitrogen and oxygen atoms in total. The summed E-state index contributed by atoms with van der Waals surface area (Å²) >= 11 is 0. The maximum Gasteiger partial charge on any atom is 0.422 e. The molecule has 2 rings (SSSR count). The summed E-state index contributed by atoms with van der Waals surface area (Å²) in [7, 11) is -4.78. The van der Waals surface area contributed by atoms with Gasteiger partial charge in [0.1, 0.15) is 6.33 Å². The van der Waals surface area contributed by atoms with Gasteiger partial charge in [-0.15, -0.1) is 0 Å². The highest BCUT2D eigenvalue weighted by Gasteiger charge is 2.35. The topological polar surface area (TPSA) is 90.4 Å². The maximum absolute atomic E-state index is 12.7. The van der Waals surface area contributed by atoms with Crippen LogP contribution in [0, 0.1) is 6.92 Å². The molecule has 160 valence electrons. The lowest BCUT2D eigenvalue weighted by atomic mass is 10.2. The molecule has 2 aromatic rings. The van der Waals surface area contributed by atoms with Crippen LogP contribution in [0.3, 0.4) is 0 Å². The first-order valence-corrected chi connectivity index (χ1v) is 9.09. The number of hydrogen-bond acceptors (Lipinski definition) is 6. The van der Waals surface area contributed by atoms with E-state index in [0.29, 0.717) is 6.33 Å². The molecule has 0 spiro atoms. The number of aryl methyl sites for hydroxylation is 1. The van der Waals surface area contributed by atoms with Gasteiger partial charge in [-0.2, -0.15) is 26.3 Å². The summed E-state index contributed by atoms with van der Waals surface area (Å²) in [4.78, 5) is 5.39. The Hall–Kier alpha value is -2.77. The van der Waals surface area contributed by atoms with Crippen molar-refractivity contribution in [1.82, 2.24) is 9.97 Å². The lowest BCUT2D eigenvalue weighted by molar-refractivity contribution is -0.155. The number of sulfonamides is 1. The van der Waals surface area contributed by atoms with Gasteiger partial charge in [0.05, 0.1) is 0 Å². The van der Waals surface area contributed by atoms with Crippen molar-refractivity contribution in [3.8, 4) is 11.8 Å². The summed E-state index contributed by atoms with van der Waals surface area (Å²) in [5.74, 6) is -2.23. The van der Waals surface area contributed by atoms with Crippen molar-refractivity contribution in [3.05, 3.63) is 36.2 Å². The predicted octanol–water partition coefficient (Wildman–Crippen LogP) is 3.47. The van der Waals surface area contributed by atoms with Crippen molar-refractivity contribution in [2.45, 2.75) is 24.2 Å². The Morgan fingerprint density at radius 2 is 1.34 bits per heavy atom. The number of hydrogen-bond donors (Lipinski definition) is 1. The fourth-order valence-electron chi connectivity index (χ4n) is 1.91. The second kappa shape index (κ2) is 8.31. The molecule has 0 amide bonds. The highest BCUT2D eigenvalue weighted by molar-refractivity contribution is 7.93. The number of nitrogens with zero attached hydrogens (tertiary/aromatic N) is 2. The van der Waals surface area contributed by atoms with Crippen molar-refractivity contribution in [2.24, 2.45) is 0 Å². The molecule has 1 heterocycles. The monoisotopic (exact) mass is 445 g/mol. The van der Waals surface area contributed by atoms with Crippen molar-refractivity contribution >= 4 is 15.7 Å². The minimum atomic E-state index is -4.86. The first kappa shape index (κ1) is 22.5. The molecule has 1 N–H and O–H groups in total. The van der Waals surface area contributed by atoms with E-state index in [2.05, 4.69) is 19.4 Å². The van der Waals surface area contributed by atoms with E-state index in [1.165, 1.54) is 24.3 Å². The number of aromatic nitrogens is 2. The maximum atomic E-state index is 12.7. The molecule has 0 aliphatic rings. The predicted molar refractivity (Wildman–Crippen MR) is 87.1 cm³/mol. The van der Waals surface area contributed by atoms with Gasteiger partial charge in [0.25, 0.3) is 10.0 Å². The van der Waals surface area contributed by atoms with E-state index in [0.717, 1.165) is 5.56 Å². The van der Waals surface area contributed by atoms with Crippen molar-refractivity contribution in [2.75, 3.05) is 17.9 Å². The SMILES string of the molecule is Cc1ccc(NS(=O)(=O)c2c(OCC(F)(F)F)ncnc2OCC(F)(F)F)cc1. The third-order valence-electron chi connectivity index (χ3n) is 3.06. The van der Waals surface area contributed by atoms with E-state index in [4.69, 9.17) is 0 Å². The average molecular weight is 445 g/mol. The fraction of sp³-hybridized carbons (Fsp3) is 0.333. The second-order valence-corrected chi connectivity index (χ2v) is 7.21. The number of halogens is 6. The average Bonchev–Trinajstić information content (AvgIpc) is 2.58. The van der Waals surface area contributed by atoms with Gasteiger partial charge in [-0.3, -0.25) is 4.72 Å². The lowest BCUT2D eigenvalue weighted by Gasteiger charge is -2.16. The smallest absolute Gasteiger partial charge is 0.422 e.